The van der Waals surface area contributed by atoms with E-state index in [-0.39, 0.29) is 5.91 Å². The Morgan fingerprint density at radius 3 is 2.50 bits per heavy atom. The molecule has 0 spiro atoms. The van der Waals surface area contributed by atoms with Crippen molar-refractivity contribution in [1.82, 2.24) is 9.80 Å². The van der Waals surface area contributed by atoms with Crippen LogP contribution in [0.15, 0.2) is 18.2 Å². The SMILES string of the molecule is O=C(Cc1ccc(Cl)c(Cl)c1)N1CCCC[C@H]1CN1CCCCC1. The fraction of sp³-hybridized carbons (Fsp3) is 0.632. The highest BCUT2D eigenvalue weighted by Gasteiger charge is 2.28. The van der Waals surface area contributed by atoms with Gasteiger partial charge in [-0.25, -0.2) is 0 Å². The summed E-state index contributed by atoms with van der Waals surface area (Å²) in [6, 6.07) is 5.85. The van der Waals surface area contributed by atoms with Crippen molar-refractivity contribution in [3.05, 3.63) is 33.8 Å². The molecule has 2 fully saturated rings. The predicted octanol–water partition coefficient (Wildman–Crippen LogP) is 4.40. The summed E-state index contributed by atoms with van der Waals surface area (Å²) >= 11 is 12.0. The van der Waals surface area contributed by atoms with Gasteiger partial charge in [-0.05, 0) is 62.9 Å². The fourth-order valence-corrected chi connectivity index (χ4v) is 4.21. The van der Waals surface area contributed by atoms with Gasteiger partial charge in [0.05, 0.1) is 16.5 Å². The molecular formula is C19H26Cl2N2O. The standard InChI is InChI=1S/C19H26Cl2N2O/c20-17-8-7-15(12-18(17)21)13-19(24)23-11-5-2-6-16(23)14-22-9-3-1-4-10-22/h7-8,12,16H,1-6,9-11,13-14H2/t16-/m0/s1. The van der Waals surface area contributed by atoms with Gasteiger partial charge in [0.25, 0.3) is 0 Å². The Labute approximate surface area is 154 Å². The minimum Gasteiger partial charge on any atom is -0.338 e. The van der Waals surface area contributed by atoms with Crippen molar-refractivity contribution in [1.29, 1.82) is 0 Å². The molecule has 132 valence electrons. The molecule has 2 aliphatic heterocycles. The predicted molar refractivity (Wildman–Crippen MR) is 99.8 cm³/mol. The van der Waals surface area contributed by atoms with E-state index in [2.05, 4.69) is 9.80 Å². The van der Waals surface area contributed by atoms with Crippen LogP contribution in [0, 0.1) is 0 Å². The summed E-state index contributed by atoms with van der Waals surface area (Å²) in [5.41, 5.74) is 0.941. The minimum atomic E-state index is 0.218. The zero-order chi connectivity index (χ0) is 16.9. The van der Waals surface area contributed by atoms with Crippen LogP contribution in [0.1, 0.15) is 44.1 Å². The molecule has 1 amide bonds. The number of carbonyl (C=O) groups excluding carboxylic acids is 1. The molecule has 0 unspecified atom stereocenters. The Kier molecular flexibility index (Phi) is 6.43. The maximum Gasteiger partial charge on any atom is 0.227 e. The molecule has 0 aromatic heterocycles. The zero-order valence-corrected chi connectivity index (χ0v) is 15.7. The van der Waals surface area contributed by atoms with E-state index in [0.717, 1.165) is 31.5 Å². The first-order valence-corrected chi connectivity index (χ1v) is 9.85. The molecule has 5 heteroatoms. The summed E-state index contributed by atoms with van der Waals surface area (Å²) in [4.78, 5) is 17.5. The van der Waals surface area contributed by atoms with Gasteiger partial charge in [0.1, 0.15) is 0 Å². The number of halogens is 2. The van der Waals surface area contributed by atoms with E-state index < -0.39 is 0 Å². The van der Waals surface area contributed by atoms with Crippen molar-refractivity contribution >= 4 is 29.1 Å². The molecule has 24 heavy (non-hydrogen) atoms. The molecule has 0 saturated carbocycles. The second kappa shape index (κ2) is 8.55. The quantitative estimate of drug-likeness (QED) is 0.785. The van der Waals surface area contributed by atoms with E-state index in [9.17, 15) is 4.79 Å². The smallest absolute Gasteiger partial charge is 0.227 e. The number of nitrogens with zero attached hydrogens (tertiary/aromatic N) is 2. The van der Waals surface area contributed by atoms with Gasteiger partial charge in [0.2, 0.25) is 5.91 Å². The van der Waals surface area contributed by atoms with Crippen LogP contribution in [0.4, 0.5) is 0 Å². The maximum absolute atomic E-state index is 12.8. The summed E-state index contributed by atoms with van der Waals surface area (Å²) in [6.45, 7) is 4.29. The zero-order valence-electron chi connectivity index (χ0n) is 14.1. The normalized spacial score (nSPS) is 22.6. The second-order valence-corrected chi connectivity index (χ2v) is 7.84. The average Bonchev–Trinajstić information content (AvgIpc) is 2.59. The average molecular weight is 369 g/mol. The molecule has 2 aliphatic rings. The summed E-state index contributed by atoms with van der Waals surface area (Å²) in [7, 11) is 0. The van der Waals surface area contributed by atoms with E-state index in [1.165, 1.54) is 38.8 Å². The van der Waals surface area contributed by atoms with Gasteiger partial charge in [-0.1, -0.05) is 35.7 Å². The first kappa shape index (κ1) is 18.0. The summed E-state index contributed by atoms with van der Waals surface area (Å²) in [6.07, 6.45) is 7.82. The van der Waals surface area contributed by atoms with Gasteiger partial charge >= 0.3 is 0 Å². The number of benzene rings is 1. The van der Waals surface area contributed by atoms with Crippen LogP contribution < -0.4 is 0 Å². The third kappa shape index (κ3) is 4.65. The third-order valence-electron chi connectivity index (χ3n) is 5.20. The highest BCUT2D eigenvalue weighted by Crippen LogP contribution is 2.25. The Hall–Kier alpha value is -0.770. The Balaban J connectivity index is 1.62. The van der Waals surface area contributed by atoms with Crippen molar-refractivity contribution in [2.24, 2.45) is 0 Å². The van der Waals surface area contributed by atoms with Gasteiger partial charge in [0.15, 0.2) is 0 Å². The number of carbonyl (C=O) groups is 1. The van der Waals surface area contributed by atoms with E-state index >= 15 is 0 Å². The first-order chi connectivity index (χ1) is 11.6. The molecule has 3 rings (SSSR count). The molecule has 0 radical (unpaired) electrons. The number of hydrogen-bond acceptors (Lipinski definition) is 2. The van der Waals surface area contributed by atoms with Crippen molar-refractivity contribution in [3.63, 3.8) is 0 Å². The van der Waals surface area contributed by atoms with Gasteiger partial charge < -0.3 is 9.80 Å². The van der Waals surface area contributed by atoms with Crippen LogP contribution in [0.2, 0.25) is 10.0 Å². The van der Waals surface area contributed by atoms with E-state index in [0.29, 0.717) is 22.5 Å². The van der Waals surface area contributed by atoms with E-state index in [1.54, 1.807) is 6.07 Å². The molecular weight excluding hydrogens is 343 g/mol. The molecule has 1 aromatic carbocycles. The summed E-state index contributed by atoms with van der Waals surface area (Å²) < 4.78 is 0. The summed E-state index contributed by atoms with van der Waals surface area (Å²) in [5.74, 6) is 0.218. The highest BCUT2D eigenvalue weighted by atomic mass is 35.5. The topological polar surface area (TPSA) is 23.6 Å². The number of amides is 1. The number of likely N-dealkylation sites (tertiary alicyclic amines) is 2. The Bertz CT molecular complexity index is 572. The lowest BCUT2D eigenvalue weighted by Gasteiger charge is -2.40. The third-order valence-corrected chi connectivity index (χ3v) is 5.94. The first-order valence-electron chi connectivity index (χ1n) is 9.09. The van der Waals surface area contributed by atoms with Gasteiger partial charge in [-0.3, -0.25) is 4.79 Å². The Morgan fingerprint density at radius 2 is 1.75 bits per heavy atom. The van der Waals surface area contributed by atoms with Crippen molar-refractivity contribution in [2.45, 2.75) is 51.0 Å². The largest absolute Gasteiger partial charge is 0.338 e. The molecule has 3 nitrogen and oxygen atoms in total. The molecule has 0 aliphatic carbocycles. The van der Waals surface area contributed by atoms with Gasteiger partial charge in [0, 0.05) is 19.1 Å². The molecule has 1 atom stereocenters. The highest BCUT2D eigenvalue weighted by molar-refractivity contribution is 6.42. The Morgan fingerprint density at radius 1 is 1.00 bits per heavy atom. The van der Waals surface area contributed by atoms with Crippen LogP contribution in [0.5, 0.6) is 0 Å². The lowest BCUT2D eigenvalue weighted by Crippen LogP contribution is -2.50. The van der Waals surface area contributed by atoms with Crippen LogP contribution in [0.3, 0.4) is 0 Å². The fourth-order valence-electron chi connectivity index (χ4n) is 3.88. The van der Waals surface area contributed by atoms with E-state index in [4.69, 9.17) is 23.2 Å². The lowest BCUT2D eigenvalue weighted by atomic mass is 9.99. The second-order valence-electron chi connectivity index (χ2n) is 7.02. The van der Waals surface area contributed by atoms with Gasteiger partial charge in [-0.2, -0.15) is 0 Å². The van der Waals surface area contributed by atoms with Crippen molar-refractivity contribution in [2.75, 3.05) is 26.2 Å². The van der Waals surface area contributed by atoms with Crippen molar-refractivity contribution in [3.8, 4) is 0 Å². The van der Waals surface area contributed by atoms with Gasteiger partial charge in [-0.15, -0.1) is 0 Å². The maximum atomic E-state index is 12.8. The summed E-state index contributed by atoms with van der Waals surface area (Å²) in [5, 5.41) is 1.05. The number of piperidine rings is 2. The van der Waals surface area contributed by atoms with Crippen LogP contribution in [0.25, 0.3) is 0 Å². The molecule has 2 saturated heterocycles. The minimum absolute atomic E-state index is 0.218. The lowest BCUT2D eigenvalue weighted by molar-refractivity contribution is -0.134. The number of rotatable bonds is 4. The van der Waals surface area contributed by atoms with Crippen molar-refractivity contribution < 1.29 is 4.79 Å². The van der Waals surface area contributed by atoms with E-state index in [1.807, 2.05) is 12.1 Å². The molecule has 0 bridgehead atoms. The molecule has 2 heterocycles. The van der Waals surface area contributed by atoms with Crippen LogP contribution in [-0.4, -0.2) is 47.9 Å². The van der Waals surface area contributed by atoms with Crippen LogP contribution in [-0.2, 0) is 11.2 Å². The molecule has 1 aromatic rings. The van der Waals surface area contributed by atoms with Crippen LogP contribution >= 0.6 is 23.2 Å². The molecule has 0 N–H and O–H groups in total. The monoisotopic (exact) mass is 368 g/mol. The number of hydrogen-bond donors (Lipinski definition) is 0.